The topological polar surface area (TPSA) is 111 Å². The average Bonchev–Trinajstić information content (AvgIpc) is 3.09. The molecule has 4 N–H and O–H groups in total. The smallest absolute Gasteiger partial charge is 0.395 e. The molecule has 8 nitrogen and oxygen atoms in total. The molecule has 0 saturated heterocycles. The second kappa shape index (κ2) is 7.72. The van der Waals surface area contributed by atoms with E-state index in [1.807, 2.05) is 0 Å². The van der Waals surface area contributed by atoms with Gasteiger partial charge in [0.1, 0.15) is 11.5 Å². The molecule has 0 unspecified atom stereocenters. The first-order valence-corrected chi connectivity index (χ1v) is 8.89. The van der Waals surface area contributed by atoms with E-state index in [1.165, 1.54) is 42.6 Å². The summed E-state index contributed by atoms with van der Waals surface area (Å²) in [7, 11) is 0. The Bertz CT molecular complexity index is 1250. The van der Waals surface area contributed by atoms with Crippen LogP contribution in [0, 0.1) is 11.6 Å². The van der Waals surface area contributed by atoms with Crippen molar-refractivity contribution in [1.29, 1.82) is 0 Å². The summed E-state index contributed by atoms with van der Waals surface area (Å²) in [4.78, 5) is 4.04. The summed E-state index contributed by atoms with van der Waals surface area (Å²) in [5.41, 5.74) is 6.15. The van der Waals surface area contributed by atoms with E-state index in [-0.39, 0.29) is 45.5 Å². The highest BCUT2D eigenvalue weighted by atomic mass is 19.3. The van der Waals surface area contributed by atoms with Gasteiger partial charge in [-0.15, -0.1) is 8.78 Å². The van der Waals surface area contributed by atoms with E-state index in [2.05, 4.69) is 31.4 Å². The van der Waals surface area contributed by atoms with Crippen molar-refractivity contribution in [1.82, 2.24) is 4.98 Å². The quantitative estimate of drug-likeness (QED) is 0.208. The molecule has 32 heavy (non-hydrogen) atoms. The maximum absolute atomic E-state index is 14.4. The molecule has 1 aromatic heterocycles. The Morgan fingerprint density at radius 3 is 2.59 bits per heavy atom. The number of hydrogen-bond donors (Lipinski definition) is 2. The number of nitrogens with two attached hydrogens (primary N) is 2. The van der Waals surface area contributed by atoms with Crippen LogP contribution in [0.1, 0.15) is 5.56 Å². The lowest BCUT2D eigenvalue weighted by Crippen LogP contribution is -2.29. The lowest BCUT2D eigenvalue weighted by Gasteiger charge is -2.21. The monoisotopic (exact) mass is 446 g/mol. The first-order chi connectivity index (χ1) is 15.3. The number of pyridine rings is 1. The summed E-state index contributed by atoms with van der Waals surface area (Å²) in [6, 6.07) is 9.09. The zero-order valence-electron chi connectivity index (χ0n) is 16.1. The summed E-state index contributed by atoms with van der Waals surface area (Å²) in [6.45, 7) is 3.35. The summed E-state index contributed by atoms with van der Waals surface area (Å²) in [6.07, 6.45) is -2.53. The number of benzene rings is 2. The van der Waals surface area contributed by atoms with Crippen molar-refractivity contribution in [2.24, 2.45) is 16.0 Å². The van der Waals surface area contributed by atoms with Crippen molar-refractivity contribution in [3.05, 3.63) is 65.9 Å². The van der Waals surface area contributed by atoms with E-state index in [0.29, 0.717) is 0 Å². The Balaban J connectivity index is 1.82. The van der Waals surface area contributed by atoms with Gasteiger partial charge in [0.05, 0.1) is 5.56 Å². The van der Waals surface area contributed by atoms with Crippen LogP contribution < -0.4 is 26.1 Å². The fourth-order valence-corrected chi connectivity index (χ4v) is 3.15. The maximum Gasteiger partial charge on any atom is 0.586 e. The first-order valence-electron chi connectivity index (χ1n) is 8.89. The van der Waals surface area contributed by atoms with E-state index in [1.54, 1.807) is 0 Å². The largest absolute Gasteiger partial charge is 0.586 e. The molecule has 0 radical (unpaired) electrons. The van der Waals surface area contributed by atoms with Crippen LogP contribution in [0.5, 0.6) is 11.5 Å². The van der Waals surface area contributed by atoms with Gasteiger partial charge in [0, 0.05) is 24.0 Å². The maximum atomic E-state index is 14.4. The van der Waals surface area contributed by atoms with Crippen molar-refractivity contribution in [2.45, 2.75) is 6.29 Å². The second-order valence-corrected chi connectivity index (χ2v) is 6.44. The second-order valence-electron chi connectivity index (χ2n) is 6.44. The molecule has 1 aliphatic rings. The fourth-order valence-electron chi connectivity index (χ4n) is 3.15. The number of nitrogen functional groups attached to an aromatic ring is 1. The van der Waals surface area contributed by atoms with Crippen molar-refractivity contribution in [3.8, 4) is 22.6 Å². The van der Waals surface area contributed by atoms with Crippen LogP contribution in [0.15, 0.2) is 58.9 Å². The number of hydrazone groups is 2. The predicted octanol–water partition coefficient (Wildman–Crippen LogP) is 3.67. The van der Waals surface area contributed by atoms with E-state index < -0.39 is 17.9 Å². The van der Waals surface area contributed by atoms with Crippen molar-refractivity contribution in [3.63, 3.8) is 0 Å². The molecule has 4 rings (SSSR count). The van der Waals surface area contributed by atoms with Gasteiger partial charge in [-0.05, 0) is 24.3 Å². The summed E-state index contributed by atoms with van der Waals surface area (Å²) >= 11 is 0. The van der Waals surface area contributed by atoms with Gasteiger partial charge in [-0.25, -0.2) is 18.8 Å². The average molecular weight is 446 g/mol. The van der Waals surface area contributed by atoms with Crippen LogP contribution >= 0.6 is 0 Å². The lowest BCUT2D eigenvalue weighted by atomic mass is 10.0. The zero-order valence-corrected chi connectivity index (χ0v) is 16.1. The van der Waals surface area contributed by atoms with Gasteiger partial charge in [-0.1, -0.05) is 18.2 Å². The molecule has 0 spiro atoms. The number of amidine groups is 1. The van der Waals surface area contributed by atoms with Crippen LogP contribution in [0.4, 0.5) is 29.1 Å². The van der Waals surface area contributed by atoms with Gasteiger partial charge < -0.3 is 21.1 Å². The number of hydrogen-bond acceptors (Lipinski definition) is 7. The Morgan fingerprint density at radius 1 is 1.12 bits per heavy atom. The van der Waals surface area contributed by atoms with Gasteiger partial charge in [0.25, 0.3) is 0 Å². The van der Waals surface area contributed by atoms with Crippen LogP contribution in [0.25, 0.3) is 11.1 Å². The molecule has 0 amide bonds. The number of para-hydroxylation sites is 1. The third kappa shape index (κ3) is 3.51. The van der Waals surface area contributed by atoms with E-state index in [9.17, 15) is 17.6 Å². The Kier molecular flexibility index (Phi) is 5.04. The van der Waals surface area contributed by atoms with Crippen molar-refractivity contribution < 1.29 is 27.0 Å². The van der Waals surface area contributed by atoms with Gasteiger partial charge in [0.15, 0.2) is 29.0 Å². The van der Waals surface area contributed by atoms with Gasteiger partial charge in [-0.3, -0.25) is 0 Å². The minimum absolute atomic E-state index is 0.0457. The SMILES string of the molecule is C=NN(/C(=N\N)c1cc(-c2cccc3c2OC(F)(F)O3)cnc1N)c1cccc(F)c1F. The molecule has 164 valence electrons. The first kappa shape index (κ1) is 20.9. The van der Waals surface area contributed by atoms with Gasteiger partial charge in [-0.2, -0.15) is 10.2 Å². The fraction of sp³-hybridized carbons (Fsp3) is 0.0500. The predicted molar refractivity (Wildman–Crippen MR) is 109 cm³/mol. The third-order valence-corrected chi connectivity index (χ3v) is 4.52. The number of fused-ring (bicyclic) bond motifs is 1. The number of alkyl halides is 2. The molecular formula is C20H14F4N6O2. The number of ether oxygens (including phenoxy) is 2. The number of aromatic nitrogens is 1. The molecule has 0 atom stereocenters. The zero-order chi connectivity index (χ0) is 23.0. The van der Waals surface area contributed by atoms with Crippen LogP contribution in [-0.2, 0) is 0 Å². The molecule has 2 heterocycles. The summed E-state index contributed by atoms with van der Waals surface area (Å²) < 4.78 is 64.3. The summed E-state index contributed by atoms with van der Waals surface area (Å²) in [5, 5.41) is 8.09. The molecule has 0 fully saturated rings. The van der Waals surface area contributed by atoms with Crippen LogP contribution in [0.2, 0.25) is 0 Å². The highest BCUT2D eigenvalue weighted by molar-refractivity contribution is 6.12. The molecule has 0 saturated carbocycles. The Labute approximate surface area is 178 Å². The highest BCUT2D eigenvalue weighted by Crippen LogP contribution is 2.47. The molecule has 2 aromatic carbocycles. The van der Waals surface area contributed by atoms with E-state index in [4.69, 9.17) is 11.6 Å². The third-order valence-electron chi connectivity index (χ3n) is 4.52. The normalized spacial score (nSPS) is 14.3. The van der Waals surface area contributed by atoms with E-state index >= 15 is 0 Å². The summed E-state index contributed by atoms with van der Waals surface area (Å²) in [5.74, 6) is 2.43. The van der Waals surface area contributed by atoms with Crippen molar-refractivity contribution in [2.75, 3.05) is 10.7 Å². The van der Waals surface area contributed by atoms with Crippen LogP contribution in [-0.4, -0.2) is 23.8 Å². The standard InChI is InChI=1S/C20H14F4N6O2/c1-27-30(14-6-3-5-13(21)16(14)22)19(29-26)12-8-10(9-28-18(12)25)11-4-2-7-15-17(11)32-20(23,24)31-15/h2-9H,1,26H2,(H2,25,28)/b29-19-. The molecule has 3 aromatic rings. The number of rotatable bonds is 4. The highest BCUT2D eigenvalue weighted by Gasteiger charge is 2.44. The molecule has 0 aliphatic carbocycles. The lowest BCUT2D eigenvalue weighted by molar-refractivity contribution is -0.286. The number of halogens is 4. The Hall–Kier alpha value is -4.35. The van der Waals surface area contributed by atoms with Gasteiger partial charge >= 0.3 is 6.29 Å². The van der Waals surface area contributed by atoms with Gasteiger partial charge in [0.2, 0.25) is 0 Å². The van der Waals surface area contributed by atoms with Crippen molar-refractivity contribution >= 4 is 24.1 Å². The number of nitrogens with zero attached hydrogens (tertiary/aromatic N) is 4. The van der Waals surface area contributed by atoms with E-state index in [0.717, 1.165) is 11.1 Å². The molecule has 12 heteroatoms. The molecule has 0 bridgehead atoms. The minimum atomic E-state index is -3.83. The Morgan fingerprint density at radius 2 is 1.88 bits per heavy atom. The molecule has 1 aliphatic heterocycles. The van der Waals surface area contributed by atoms with Crippen LogP contribution in [0.3, 0.4) is 0 Å². The number of anilines is 2. The molecular weight excluding hydrogens is 432 g/mol. The minimum Gasteiger partial charge on any atom is -0.395 e.